The van der Waals surface area contributed by atoms with E-state index < -0.39 is 42.6 Å². The Kier molecular flexibility index (Phi) is 10.2. The zero-order valence-corrected chi connectivity index (χ0v) is 32.5. The standard InChI is InChI=1S/C28H28N2O8S2.2K/c1-27(2)19-11-15(39(33,34)35)7-9-21(19)29(5)23(27)13-17-25(31)18(26(17)32)14-24-28(3,4)20-12-16(40(36,37)38)8-10-22(20)30(24)6;;/h7-14H,1-6H3,(H2-,31,32,33,34,35,36,37,38);;/q;2*+1/p-2. The van der Waals surface area contributed by atoms with Crippen molar-refractivity contribution >= 4 is 43.1 Å². The van der Waals surface area contributed by atoms with Gasteiger partial charge in [-0.1, -0.05) is 19.6 Å². The molecule has 0 fully saturated rings. The predicted molar refractivity (Wildman–Crippen MR) is 142 cm³/mol. The summed E-state index contributed by atoms with van der Waals surface area (Å²) in [5.41, 5.74) is 1.98. The first kappa shape index (κ1) is 36.2. The first-order chi connectivity index (χ1) is 18.3. The summed E-state index contributed by atoms with van der Waals surface area (Å²) >= 11 is 0. The average Bonchev–Trinajstić information content (AvgIpc) is 3.16. The first-order valence-electron chi connectivity index (χ1n) is 12.2. The summed E-state index contributed by atoms with van der Waals surface area (Å²) in [5, 5.41) is 13.2. The quantitative estimate of drug-likeness (QED) is 0.138. The number of Topliss-reactive ketones (excluding diaryl/α,β-unsaturated/α-hetero) is 1. The van der Waals surface area contributed by atoms with Gasteiger partial charge in [-0.2, -0.15) is 4.58 Å². The summed E-state index contributed by atoms with van der Waals surface area (Å²) in [4.78, 5) is 14.3. The molecule has 14 heteroatoms. The van der Waals surface area contributed by atoms with E-state index in [1.54, 1.807) is 23.6 Å². The fraction of sp³-hybridized carbons (Fsp3) is 0.286. The molecule has 0 aromatic heterocycles. The van der Waals surface area contributed by atoms with Crippen molar-refractivity contribution in [2.45, 2.75) is 48.3 Å². The molecule has 5 rings (SSSR count). The summed E-state index contributed by atoms with van der Waals surface area (Å²) in [6, 6.07) is 8.16. The second-order valence-corrected chi connectivity index (χ2v) is 13.9. The van der Waals surface area contributed by atoms with Gasteiger partial charge in [0.25, 0.3) is 0 Å². The maximum absolute atomic E-state index is 13.2. The number of benzene rings is 2. The van der Waals surface area contributed by atoms with Crippen molar-refractivity contribution in [1.82, 2.24) is 0 Å². The van der Waals surface area contributed by atoms with Crippen LogP contribution < -0.4 is 113 Å². The number of hydrogen-bond donors (Lipinski definition) is 0. The van der Waals surface area contributed by atoms with E-state index in [4.69, 9.17) is 0 Å². The third-order valence-corrected chi connectivity index (χ3v) is 9.79. The third-order valence-electron chi connectivity index (χ3n) is 8.13. The Labute approximate surface area is 330 Å². The Morgan fingerprint density at radius 1 is 0.833 bits per heavy atom. The maximum Gasteiger partial charge on any atom is 1.00 e. The van der Waals surface area contributed by atoms with E-state index >= 15 is 0 Å². The molecule has 0 radical (unpaired) electrons. The Balaban J connectivity index is 0.00000242. The van der Waals surface area contributed by atoms with Gasteiger partial charge in [0, 0.05) is 52.7 Å². The summed E-state index contributed by atoms with van der Waals surface area (Å²) in [6.45, 7) is 7.25. The monoisotopic (exact) mass is 660 g/mol. The molecule has 0 amide bonds. The minimum atomic E-state index is -4.67. The van der Waals surface area contributed by atoms with Gasteiger partial charge in [0.15, 0.2) is 11.5 Å². The number of ketones is 1. The number of allylic oxidation sites excluding steroid dienone is 5. The fourth-order valence-electron chi connectivity index (χ4n) is 5.83. The molecular weight excluding hydrogens is 635 g/mol. The van der Waals surface area contributed by atoms with Gasteiger partial charge in [0.1, 0.15) is 27.3 Å². The molecule has 2 aromatic rings. The molecule has 1 aliphatic carbocycles. The number of likely N-dealkylation sites (N-methyl/N-ethyl adjacent to an activating group) is 1. The van der Waals surface area contributed by atoms with Crippen molar-refractivity contribution in [3.8, 4) is 0 Å². The molecule has 2 heterocycles. The number of rotatable bonds is 4. The largest absolute Gasteiger partial charge is 1.00 e. The van der Waals surface area contributed by atoms with Gasteiger partial charge in [-0.25, -0.2) is 16.8 Å². The Hall–Kier alpha value is -0.307. The second kappa shape index (κ2) is 11.8. The van der Waals surface area contributed by atoms with E-state index in [9.17, 15) is 35.8 Å². The van der Waals surface area contributed by atoms with Gasteiger partial charge in [-0.15, -0.1) is 0 Å². The predicted octanol–water partition coefficient (Wildman–Crippen LogP) is -4.06. The van der Waals surface area contributed by atoms with Crippen LogP contribution in [0.25, 0.3) is 0 Å². The van der Waals surface area contributed by atoms with Crippen LogP contribution in [0.4, 0.5) is 11.4 Å². The van der Waals surface area contributed by atoms with Crippen LogP contribution in [0.1, 0.15) is 38.8 Å². The summed E-state index contributed by atoms with van der Waals surface area (Å²) in [7, 11) is -5.87. The molecule has 0 saturated heterocycles. The molecule has 0 unspecified atom stereocenters. The first-order valence-corrected chi connectivity index (χ1v) is 15.1. The number of anilines is 1. The minimum Gasteiger partial charge on any atom is -0.871 e. The van der Waals surface area contributed by atoms with Gasteiger partial charge >= 0.3 is 103 Å². The summed E-state index contributed by atoms with van der Waals surface area (Å²) < 4.78 is 71.2. The Morgan fingerprint density at radius 3 is 1.88 bits per heavy atom. The topological polar surface area (TPSA) is 161 Å². The smallest absolute Gasteiger partial charge is 0.871 e. The SMILES string of the molecule is CN1/C(=C/C2=C([O-])C(=C/C3=[N+](C)c4ccc(S(=O)(=O)[O-])cc4C3(C)C)/C2=O)C(C)(C)c2cc(S(=O)(=O)[O-])ccc21.[K+].[K+]. The van der Waals surface area contributed by atoms with E-state index in [2.05, 4.69) is 0 Å². The molecule has 0 N–H and O–H groups in total. The molecule has 0 saturated carbocycles. The van der Waals surface area contributed by atoms with Crippen molar-refractivity contribution < 1.29 is 143 Å². The number of carbonyl (C=O) groups is 1. The second-order valence-electron chi connectivity index (χ2n) is 11.2. The van der Waals surface area contributed by atoms with E-state index in [-0.39, 0.29) is 124 Å². The van der Waals surface area contributed by atoms with Gasteiger partial charge in [0.2, 0.25) is 5.69 Å². The molecule has 0 spiro atoms. The summed E-state index contributed by atoms with van der Waals surface area (Å²) in [6.07, 6.45) is 3.00. The van der Waals surface area contributed by atoms with Crippen molar-refractivity contribution in [1.29, 1.82) is 0 Å². The number of fused-ring (bicyclic) bond motifs is 2. The Morgan fingerprint density at radius 2 is 1.36 bits per heavy atom. The van der Waals surface area contributed by atoms with Crippen LogP contribution in [0.15, 0.2) is 80.9 Å². The van der Waals surface area contributed by atoms with Crippen molar-refractivity contribution in [3.05, 3.63) is 82.3 Å². The molecule has 10 nitrogen and oxygen atoms in total. The molecule has 3 aliphatic rings. The number of nitrogens with zero attached hydrogens (tertiary/aromatic N) is 2. The molecule has 2 aromatic carbocycles. The van der Waals surface area contributed by atoms with E-state index in [0.717, 1.165) is 0 Å². The van der Waals surface area contributed by atoms with Crippen LogP contribution >= 0.6 is 0 Å². The van der Waals surface area contributed by atoms with E-state index in [1.807, 2.05) is 27.7 Å². The van der Waals surface area contributed by atoms with E-state index in [1.165, 1.54) is 48.6 Å². The molecule has 42 heavy (non-hydrogen) atoms. The van der Waals surface area contributed by atoms with Crippen LogP contribution in [0, 0.1) is 0 Å². The summed E-state index contributed by atoms with van der Waals surface area (Å²) in [5.74, 6) is -0.924. The minimum absolute atomic E-state index is 0. The third kappa shape index (κ3) is 5.75. The Bertz CT molecular complexity index is 1900. The normalized spacial score (nSPS) is 20.8. The van der Waals surface area contributed by atoms with Gasteiger partial charge in [-0.3, -0.25) is 4.79 Å². The fourth-order valence-corrected chi connectivity index (χ4v) is 6.82. The van der Waals surface area contributed by atoms with Crippen LogP contribution in [-0.4, -0.2) is 56.1 Å². The van der Waals surface area contributed by atoms with Crippen LogP contribution in [-0.2, 0) is 35.9 Å². The molecule has 2 aliphatic heterocycles. The zero-order chi connectivity index (χ0) is 29.7. The molecule has 0 atom stereocenters. The van der Waals surface area contributed by atoms with Crippen molar-refractivity contribution in [2.24, 2.45) is 0 Å². The van der Waals surface area contributed by atoms with Crippen LogP contribution in [0.5, 0.6) is 0 Å². The average molecular weight is 661 g/mol. The molecular formula is C28H26K2N2O8S2. The van der Waals surface area contributed by atoms with Crippen LogP contribution in [0.2, 0.25) is 0 Å². The molecule has 210 valence electrons. The molecule has 0 bridgehead atoms. The van der Waals surface area contributed by atoms with Crippen molar-refractivity contribution in [3.63, 3.8) is 0 Å². The number of hydrogen-bond acceptors (Lipinski definition) is 9. The van der Waals surface area contributed by atoms with E-state index in [0.29, 0.717) is 33.9 Å². The van der Waals surface area contributed by atoms with Crippen LogP contribution in [0.3, 0.4) is 0 Å². The van der Waals surface area contributed by atoms with Gasteiger partial charge in [-0.05, 0) is 55.8 Å². The van der Waals surface area contributed by atoms with Gasteiger partial charge < -0.3 is 19.1 Å². The zero-order valence-electron chi connectivity index (χ0n) is 24.6. The van der Waals surface area contributed by atoms with Crippen molar-refractivity contribution in [2.75, 3.05) is 19.0 Å². The van der Waals surface area contributed by atoms with Gasteiger partial charge in [0.05, 0.1) is 15.2 Å². The number of carbonyl (C=O) groups excluding carboxylic acids is 1. The maximum atomic E-state index is 13.2.